The average molecular weight is 466 g/mol. The zero-order chi connectivity index (χ0) is 22.3. The number of hydrogen-bond donors (Lipinski definition) is 2. The van der Waals surface area contributed by atoms with Crippen LogP contribution >= 0.6 is 0 Å². The molecular weight excluding hydrogens is 455 g/mol. The second kappa shape index (κ2) is 7.65. The van der Waals surface area contributed by atoms with Gasteiger partial charge in [-0.3, -0.25) is 9.11 Å². The highest BCUT2D eigenvalue weighted by molar-refractivity contribution is 7.87. The lowest BCUT2D eigenvalue weighted by Crippen LogP contribution is -2.43. The van der Waals surface area contributed by atoms with Gasteiger partial charge < -0.3 is 14.2 Å². The second-order valence-corrected chi connectivity index (χ2v) is 8.30. The maximum Gasteiger partial charge on any atom is 0.426 e. The number of esters is 2. The maximum absolute atomic E-state index is 13.2. The molecule has 2 N–H and O–H groups in total. The van der Waals surface area contributed by atoms with Crippen LogP contribution in [-0.4, -0.2) is 79.5 Å². The molecule has 1 aliphatic heterocycles. The third-order valence-corrected chi connectivity index (χ3v) is 4.80. The lowest BCUT2D eigenvalue weighted by Gasteiger charge is -2.20. The minimum atomic E-state index is -5.98. The topological polar surface area (TPSA) is 174 Å². The Morgan fingerprint density at radius 3 is 1.79 bits per heavy atom. The van der Waals surface area contributed by atoms with E-state index in [0.717, 1.165) is 0 Å². The molecule has 1 heterocycles. The Morgan fingerprint density at radius 1 is 1.00 bits per heavy atom. The van der Waals surface area contributed by atoms with Crippen molar-refractivity contribution in [2.45, 2.75) is 42.8 Å². The van der Waals surface area contributed by atoms with Gasteiger partial charge in [-0.2, -0.15) is 38.8 Å². The van der Waals surface area contributed by atoms with E-state index in [1.54, 1.807) is 0 Å². The number of ether oxygens (including phenoxy) is 3. The molecule has 1 rings (SSSR count). The molecule has 4 atom stereocenters. The number of hydrogen-bond acceptors (Lipinski definition) is 9. The molecule has 0 radical (unpaired) electrons. The number of rotatable bonds is 8. The molecule has 0 aliphatic carbocycles. The molecule has 0 saturated carbocycles. The fraction of sp³-hybridized carbons (Fsp3) is 0.800. The molecule has 0 bridgehead atoms. The van der Waals surface area contributed by atoms with Gasteiger partial charge >= 0.3 is 33.5 Å². The van der Waals surface area contributed by atoms with E-state index in [-0.39, 0.29) is 0 Å². The van der Waals surface area contributed by atoms with Crippen LogP contribution in [-0.2, 0) is 44.0 Å². The molecule has 18 heteroatoms. The summed E-state index contributed by atoms with van der Waals surface area (Å²) in [4.78, 5) is 23.0. The van der Waals surface area contributed by atoms with Crippen molar-refractivity contribution in [1.29, 1.82) is 0 Å². The quantitative estimate of drug-likeness (QED) is 0.205. The Morgan fingerprint density at radius 2 is 1.43 bits per heavy atom. The first-order valence-corrected chi connectivity index (χ1v) is 9.75. The van der Waals surface area contributed by atoms with Crippen molar-refractivity contribution in [3.05, 3.63) is 0 Å². The third-order valence-electron chi connectivity index (χ3n) is 3.05. The summed E-state index contributed by atoms with van der Waals surface area (Å²) >= 11 is 0. The van der Waals surface area contributed by atoms with Crippen LogP contribution in [0.1, 0.15) is 6.92 Å². The van der Waals surface area contributed by atoms with E-state index in [0.29, 0.717) is 6.92 Å². The van der Waals surface area contributed by atoms with E-state index < -0.39 is 73.8 Å². The summed E-state index contributed by atoms with van der Waals surface area (Å²) < 4.78 is 135. The molecule has 1 aliphatic rings. The van der Waals surface area contributed by atoms with E-state index in [1.807, 2.05) is 0 Å². The standard InChI is InChI=1S/C10H11F5O11S2/c1-3(10(14,15)28(21,22)23)24-7(16)5-6(26-5)8(17)25-4(9(11,12)13)2-27(18,19)20/h3-6H,2H2,1H3,(H,18,19,20)(H,21,22,23). The van der Waals surface area contributed by atoms with Crippen LogP contribution in [0.4, 0.5) is 22.0 Å². The minimum absolute atomic E-state index is 0.354. The van der Waals surface area contributed by atoms with Gasteiger partial charge in [0, 0.05) is 0 Å². The van der Waals surface area contributed by atoms with Crippen molar-refractivity contribution in [3.8, 4) is 0 Å². The largest absolute Gasteiger partial charge is 0.453 e. The Balaban J connectivity index is 2.74. The van der Waals surface area contributed by atoms with Crippen LogP contribution in [0.2, 0.25) is 0 Å². The van der Waals surface area contributed by atoms with Crippen LogP contribution in [0.25, 0.3) is 0 Å². The summed E-state index contributed by atoms with van der Waals surface area (Å²) in [6.45, 7) is 0.354. The van der Waals surface area contributed by atoms with Crippen molar-refractivity contribution in [2.75, 3.05) is 5.75 Å². The maximum atomic E-state index is 13.2. The summed E-state index contributed by atoms with van der Waals surface area (Å²) in [5.74, 6) is -5.78. The Hall–Kier alpha value is -1.63. The fourth-order valence-corrected chi connectivity index (χ4v) is 2.69. The number of carbonyl (C=O) groups excluding carboxylic acids is 2. The van der Waals surface area contributed by atoms with Crippen LogP contribution in [0.3, 0.4) is 0 Å². The Kier molecular flexibility index (Phi) is 6.67. The van der Waals surface area contributed by atoms with Crippen molar-refractivity contribution in [1.82, 2.24) is 0 Å². The van der Waals surface area contributed by atoms with Gasteiger partial charge in [0.15, 0.2) is 18.3 Å². The molecule has 0 amide bonds. The van der Waals surface area contributed by atoms with Gasteiger partial charge in [0.1, 0.15) is 5.75 Å². The third kappa shape index (κ3) is 6.19. The normalized spacial score (nSPS) is 22.9. The highest BCUT2D eigenvalue weighted by Crippen LogP contribution is 2.32. The smallest absolute Gasteiger partial charge is 0.426 e. The lowest BCUT2D eigenvalue weighted by atomic mass is 10.3. The van der Waals surface area contributed by atoms with Gasteiger partial charge in [0.2, 0.25) is 6.10 Å². The van der Waals surface area contributed by atoms with Gasteiger partial charge in [-0.15, -0.1) is 0 Å². The number of alkyl halides is 5. The molecule has 0 aromatic rings. The van der Waals surface area contributed by atoms with Crippen molar-refractivity contribution >= 4 is 32.2 Å². The number of carbonyl (C=O) groups is 2. The monoisotopic (exact) mass is 466 g/mol. The Bertz CT molecular complexity index is 834. The second-order valence-electron chi connectivity index (χ2n) is 5.31. The van der Waals surface area contributed by atoms with Gasteiger partial charge in [-0.25, -0.2) is 9.59 Å². The molecule has 0 aromatic heterocycles. The van der Waals surface area contributed by atoms with E-state index in [4.69, 9.17) is 9.11 Å². The van der Waals surface area contributed by atoms with Crippen molar-refractivity contribution in [3.63, 3.8) is 0 Å². The zero-order valence-electron chi connectivity index (χ0n) is 13.3. The average Bonchev–Trinajstić information content (AvgIpc) is 3.23. The minimum Gasteiger partial charge on any atom is -0.453 e. The van der Waals surface area contributed by atoms with Crippen LogP contribution in [0.5, 0.6) is 0 Å². The SMILES string of the molecule is CC(OC(=O)C1OC1C(=O)OC(CS(=O)(=O)O)C(F)(F)F)C(F)(F)S(=O)(=O)O. The first-order valence-electron chi connectivity index (χ1n) is 6.70. The molecular formula is C10H11F5O11S2. The van der Waals surface area contributed by atoms with Crippen LogP contribution in [0.15, 0.2) is 0 Å². The number of halogens is 5. The summed E-state index contributed by atoms with van der Waals surface area (Å²) in [5, 5.41) is -4.94. The molecule has 0 spiro atoms. The molecule has 4 unspecified atom stereocenters. The summed E-state index contributed by atoms with van der Waals surface area (Å²) in [5.41, 5.74) is 0. The molecule has 11 nitrogen and oxygen atoms in total. The van der Waals surface area contributed by atoms with E-state index in [2.05, 4.69) is 14.2 Å². The van der Waals surface area contributed by atoms with Crippen molar-refractivity contribution in [2.24, 2.45) is 0 Å². The first-order chi connectivity index (χ1) is 12.3. The summed E-state index contributed by atoms with van der Waals surface area (Å²) in [7, 11) is -11.2. The zero-order valence-corrected chi connectivity index (χ0v) is 14.9. The van der Waals surface area contributed by atoms with E-state index >= 15 is 0 Å². The highest BCUT2D eigenvalue weighted by Gasteiger charge is 2.58. The van der Waals surface area contributed by atoms with Gasteiger partial charge in [-0.1, -0.05) is 0 Å². The van der Waals surface area contributed by atoms with E-state index in [1.165, 1.54) is 0 Å². The molecule has 164 valence electrons. The molecule has 28 heavy (non-hydrogen) atoms. The van der Waals surface area contributed by atoms with Crippen molar-refractivity contribution < 1.29 is 71.7 Å². The highest BCUT2D eigenvalue weighted by atomic mass is 32.2. The van der Waals surface area contributed by atoms with Gasteiger partial charge in [-0.05, 0) is 6.92 Å². The van der Waals surface area contributed by atoms with Crippen LogP contribution < -0.4 is 0 Å². The van der Waals surface area contributed by atoms with E-state index in [9.17, 15) is 48.4 Å². The summed E-state index contributed by atoms with van der Waals surface area (Å²) in [6, 6.07) is 0. The number of epoxide rings is 1. The van der Waals surface area contributed by atoms with Gasteiger partial charge in [0.25, 0.3) is 10.1 Å². The first kappa shape index (κ1) is 24.4. The van der Waals surface area contributed by atoms with Crippen LogP contribution in [0, 0.1) is 0 Å². The summed E-state index contributed by atoms with van der Waals surface area (Å²) in [6.07, 6.45) is -15.7. The predicted molar refractivity (Wildman–Crippen MR) is 73.1 cm³/mol. The fourth-order valence-electron chi connectivity index (χ4n) is 1.58. The Labute approximate surface area is 153 Å². The molecule has 0 aromatic carbocycles. The van der Waals surface area contributed by atoms with Gasteiger partial charge in [0.05, 0.1) is 0 Å². The molecule has 1 saturated heterocycles. The predicted octanol–water partition coefficient (Wildman–Crippen LogP) is -0.472. The molecule has 1 fully saturated rings. The lowest BCUT2D eigenvalue weighted by molar-refractivity contribution is -0.215.